The van der Waals surface area contributed by atoms with E-state index in [1.165, 1.54) is 37.0 Å². The molecule has 0 unspecified atom stereocenters. The molecule has 0 atom stereocenters. The van der Waals surface area contributed by atoms with Gasteiger partial charge in [0.15, 0.2) is 0 Å². The summed E-state index contributed by atoms with van der Waals surface area (Å²) in [6, 6.07) is 6.06. The summed E-state index contributed by atoms with van der Waals surface area (Å²) in [5.74, 6) is -0.404. The van der Waals surface area contributed by atoms with Gasteiger partial charge in [0.05, 0.1) is 10.6 Å². The van der Waals surface area contributed by atoms with Crippen molar-refractivity contribution in [2.45, 2.75) is 11.8 Å². The molecule has 2 aromatic rings. The molecule has 0 spiro atoms. The maximum atomic E-state index is 12.1. The number of sulfonamides is 1. The van der Waals surface area contributed by atoms with E-state index in [1.807, 2.05) is 0 Å². The number of amides is 1. The molecule has 0 aliphatic rings. The Hall–Kier alpha value is -2.16. The van der Waals surface area contributed by atoms with E-state index in [-0.39, 0.29) is 4.90 Å². The van der Waals surface area contributed by atoms with E-state index in [0.29, 0.717) is 22.1 Å². The second-order valence-corrected chi connectivity index (χ2v) is 8.06. The van der Waals surface area contributed by atoms with Crippen LogP contribution in [0.4, 0.5) is 5.69 Å². The summed E-state index contributed by atoms with van der Waals surface area (Å²) in [6.45, 7) is 1.79. The van der Waals surface area contributed by atoms with Gasteiger partial charge in [0.1, 0.15) is 5.15 Å². The summed E-state index contributed by atoms with van der Waals surface area (Å²) in [7, 11) is 1.04. The maximum absolute atomic E-state index is 12.1. The van der Waals surface area contributed by atoms with Gasteiger partial charge in [-0.1, -0.05) is 17.7 Å². The molecular weight excluding hydrogens is 364 g/mol. The highest BCUT2D eigenvalue weighted by molar-refractivity contribution is 7.89. The van der Waals surface area contributed by atoms with Gasteiger partial charge in [0, 0.05) is 38.5 Å². The van der Waals surface area contributed by atoms with Crippen molar-refractivity contribution in [2.75, 3.05) is 19.4 Å². The Morgan fingerprint density at radius 3 is 2.60 bits per heavy atom. The summed E-state index contributed by atoms with van der Waals surface area (Å²) in [5.41, 5.74) is 1.74. The number of aromatic nitrogens is 2. The predicted octanol–water partition coefficient (Wildman–Crippen LogP) is 2.28. The molecule has 25 heavy (non-hydrogen) atoms. The lowest BCUT2D eigenvalue weighted by Crippen LogP contribution is -2.22. The Morgan fingerprint density at radius 1 is 1.36 bits per heavy atom. The minimum atomic E-state index is -3.56. The van der Waals surface area contributed by atoms with E-state index >= 15 is 0 Å². The second kappa shape index (κ2) is 7.38. The standard InChI is InChI=1S/C16H19ClN4O3S/c1-11-14(16(17)21(4)19-11)8-9-15(22)18-12-6-5-7-13(10-12)25(23,24)20(2)3/h5-10H,1-4H3,(H,18,22)/b9-8+. The molecule has 0 aliphatic carbocycles. The van der Waals surface area contributed by atoms with Crippen molar-refractivity contribution >= 4 is 39.3 Å². The van der Waals surface area contributed by atoms with E-state index in [4.69, 9.17) is 11.6 Å². The molecule has 0 saturated carbocycles. The lowest BCUT2D eigenvalue weighted by Gasteiger charge is -2.12. The van der Waals surface area contributed by atoms with Crippen LogP contribution in [0.15, 0.2) is 35.2 Å². The molecule has 2 rings (SSSR count). The fraction of sp³-hybridized carbons (Fsp3) is 0.250. The number of carbonyl (C=O) groups excluding carboxylic acids is 1. The van der Waals surface area contributed by atoms with Crippen molar-refractivity contribution < 1.29 is 13.2 Å². The lowest BCUT2D eigenvalue weighted by molar-refractivity contribution is -0.111. The van der Waals surface area contributed by atoms with Crippen LogP contribution < -0.4 is 5.32 Å². The number of nitrogens with one attached hydrogen (secondary N) is 1. The van der Waals surface area contributed by atoms with Gasteiger partial charge >= 0.3 is 0 Å². The molecule has 0 aliphatic heterocycles. The molecule has 9 heteroatoms. The normalized spacial score (nSPS) is 12.1. The smallest absolute Gasteiger partial charge is 0.248 e. The van der Waals surface area contributed by atoms with Crippen LogP contribution in [0.2, 0.25) is 5.15 Å². The molecule has 1 amide bonds. The van der Waals surface area contributed by atoms with E-state index in [9.17, 15) is 13.2 Å². The first-order chi connectivity index (χ1) is 11.6. The van der Waals surface area contributed by atoms with Crippen molar-refractivity contribution in [1.29, 1.82) is 0 Å². The maximum Gasteiger partial charge on any atom is 0.248 e. The third-order valence-electron chi connectivity index (χ3n) is 3.48. The number of benzene rings is 1. The third kappa shape index (κ3) is 4.28. The monoisotopic (exact) mass is 382 g/mol. The minimum Gasteiger partial charge on any atom is -0.322 e. The highest BCUT2D eigenvalue weighted by Crippen LogP contribution is 2.21. The van der Waals surface area contributed by atoms with Crippen molar-refractivity contribution in [3.63, 3.8) is 0 Å². The van der Waals surface area contributed by atoms with Crippen molar-refractivity contribution in [2.24, 2.45) is 7.05 Å². The van der Waals surface area contributed by atoms with Gasteiger partial charge in [0.25, 0.3) is 0 Å². The summed E-state index contributed by atoms with van der Waals surface area (Å²) in [6.07, 6.45) is 2.89. The Morgan fingerprint density at radius 2 is 2.04 bits per heavy atom. The number of hydrogen-bond acceptors (Lipinski definition) is 4. The molecular formula is C16H19ClN4O3S. The summed E-state index contributed by atoms with van der Waals surface area (Å²) >= 11 is 6.10. The Labute approximate surface area is 151 Å². The summed E-state index contributed by atoms with van der Waals surface area (Å²) in [5, 5.41) is 7.22. The first kappa shape index (κ1) is 19.2. The second-order valence-electron chi connectivity index (χ2n) is 5.55. The fourth-order valence-corrected chi connectivity index (χ4v) is 3.31. The van der Waals surface area contributed by atoms with Crippen LogP contribution in [0, 0.1) is 6.92 Å². The number of nitrogens with zero attached hydrogens (tertiary/aromatic N) is 3. The number of aryl methyl sites for hydroxylation is 2. The molecule has 1 N–H and O–H groups in total. The molecule has 0 fully saturated rings. The topological polar surface area (TPSA) is 84.3 Å². The summed E-state index contributed by atoms with van der Waals surface area (Å²) in [4.78, 5) is 12.2. The van der Waals surface area contributed by atoms with Crippen molar-refractivity contribution in [3.8, 4) is 0 Å². The zero-order valence-electron chi connectivity index (χ0n) is 14.3. The van der Waals surface area contributed by atoms with Crippen molar-refractivity contribution in [3.05, 3.63) is 46.8 Å². The van der Waals surface area contributed by atoms with E-state index in [2.05, 4.69) is 10.4 Å². The lowest BCUT2D eigenvalue weighted by atomic mass is 10.2. The molecule has 1 heterocycles. The number of rotatable bonds is 5. The van der Waals surface area contributed by atoms with Gasteiger partial charge in [-0.3, -0.25) is 9.48 Å². The van der Waals surface area contributed by atoms with Crippen LogP contribution in [-0.4, -0.2) is 42.5 Å². The van der Waals surface area contributed by atoms with Gasteiger partial charge in [-0.05, 0) is 31.2 Å². The molecule has 0 radical (unpaired) electrons. The average molecular weight is 383 g/mol. The summed E-state index contributed by atoms with van der Waals surface area (Å²) < 4.78 is 26.9. The van der Waals surface area contributed by atoms with Gasteiger partial charge < -0.3 is 5.32 Å². The van der Waals surface area contributed by atoms with Crippen molar-refractivity contribution in [1.82, 2.24) is 14.1 Å². The number of carbonyl (C=O) groups is 1. The third-order valence-corrected chi connectivity index (χ3v) is 5.74. The van der Waals surface area contributed by atoms with Crippen LogP contribution in [0.5, 0.6) is 0 Å². The SMILES string of the molecule is Cc1nn(C)c(Cl)c1/C=C/C(=O)Nc1cccc(S(=O)(=O)N(C)C)c1. The van der Waals surface area contributed by atoms with E-state index in [1.54, 1.807) is 32.2 Å². The van der Waals surface area contributed by atoms with Crippen LogP contribution in [0.3, 0.4) is 0 Å². The van der Waals surface area contributed by atoms with Crippen LogP contribution in [-0.2, 0) is 21.9 Å². The molecule has 1 aromatic heterocycles. The molecule has 0 saturated heterocycles. The Bertz CT molecular complexity index is 933. The van der Waals surface area contributed by atoms with Crippen LogP contribution >= 0.6 is 11.6 Å². The van der Waals surface area contributed by atoms with Gasteiger partial charge in [-0.15, -0.1) is 0 Å². The van der Waals surface area contributed by atoms with Crippen LogP contribution in [0.1, 0.15) is 11.3 Å². The highest BCUT2D eigenvalue weighted by atomic mass is 35.5. The largest absolute Gasteiger partial charge is 0.322 e. The zero-order chi connectivity index (χ0) is 18.8. The first-order valence-electron chi connectivity index (χ1n) is 7.33. The minimum absolute atomic E-state index is 0.102. The first-order valence-corrected chi connectivity index (χ1v) is 9.15. The van der Waals surface area contributed by atoms with Gasteiger partial charge in [-0.25, -0.2) is 12.7 Å². The molecule has 1 aromatic carbocycles. The zero-order valence-corrected chi connectivity index (χ0v) is 15.9. The number of halogens is 1. The fourth-order valence-electron chi connectivity index (χ4n) is 2.12. The van der Waals surface area contributed by atoms with Gasteiger partial charge in [-0.2, -0.15) is 5.10 Å². The molecule has 0 bridgehead atoms. The number of anilines is 1. The van der Waals surface area contributed by atoms with Gasteiger partial charge in [0.2, 0.25) is 15.9 Å². The number of hydrogen-bond donors (Lipinski definition) is 1. The highest BCUT2D eigenvalue weighted by Gasteiger charge is 2.17. The molecule has 134 valence electrons. The van der Waals surface area contributed by atoms with Crippen LogP contribution in [0.25, 0.3) is 6.08 Å². The Kier molecular flexibility index (Phi) is 5.66. The quantitative estimate of drug-likeness (QED) is 0.804. The molecule has 7 nitrogen and oxygen atoms in total. The Balaban J connectivity index is 2.17. The van der Waals surface area contributed by atoms with E-state index in [0.717, 1.165) is 4.31 Å². The predicted molar refractivity (Wildman–Crippen MR) is 97.9 cm³/mol. The average Bonchev–Trinajstić information content (AvgIpc) is 2.78. The van der Waals surface area contributed by atoms with E-state index < -0.39 is 15.9 Å².